The zero-order chi connectivity index (χ0) is 11.6. The van der Waals surface area contributed by atoms with E-state index in [9.17, 15) is 0 Å². The highest BCUT2D eigenvalue weighted by atomic mass is 16.5. The van der Waals surface area contributed by atoms with E-state index in [2.05, 4.69) is 29.2 Å². The second-order valence-electron chi connectivity index (χ2n) is 3.69. The van der Waals surface area contributed by atoms with E-state index in [4.69, 9.17) is 4.74 Å². The summed E-state index contributed by atoms with van der Waals surface area (Å²) in [6, 6.07) is 0. The van der Waals surface area contributed by atoms with Crippen molar-refractivity contribution in [3.05, 3.63) is 12.2 Å². The van der Waals surface area contributed by atoms with Crippen LogP contribution in [0.3, 0.4) is 0 Å². The summed E-state index contributed by atoms with van der Waals surface area (Å²) in [5.74, 6) is 0.980. The van der Waals surface area contributed by atoms with Gasteiger partial charge in [0.25, 0.3) is 0 Å². The van der Waals surface area contributed by atoms with Crippen molar-refractivity contribution >= 4 is 0 Å². The van der Waals surface area contributed by atoms with E-state index in [-0.39, 0.29) is 0 Å². The van der Waals surface area contributed by atoms with Gasteiger partial charge >= 0.3 is 0 Å². The lowest BCUT2D eigenvalue weighted by Crippen LogP contribution is -2.19. The molecule has 1 aromatic rings. The van der Waals surface area contributed by atoms with Gasteiger partial charge in [0.15, 0.2) is 0 Å². The quantitative estimate of drug-likeness (QED) is 0.643. The second-order valence-corrected chi connectivity index (χ2v) is 3.69. The molecule has 0 saturated carbocycles. The zero-order valence-electron chi connectivity index (χ0n) is 10.3. The van der Waals surface area contributed by atoms with Crippen molar-refractivity contribution in [2.45, 2.75) is 39.8 Å². The lowest BCUT2D eigenvalue weighted by molar-refractivity contribution is 0.123. The van der Waals surface area contributed by atoms with E-state index < -0.39 is 0 Å². The molecule has 0 aliphatic rings. The normalized spacial score (nSPS) is 10.9. The minimum atomic E-state index is 0.706. The van der Waals surface area contributed by atoms with Gasteiger partial charge in [-0.2, -0.15) is 5.10 Å². The Labute approximate surface area is 97.2 Å². The predicted molar refractivity (Wildman–Crippen MR) is 63.1 cm³/mol. The average molecular weight is 226 g/mol. The molecule has 5 nitrogen and oxygen atoms in total. The molecule has 0 fully saturated rings. The third-order valence-electron chi connectivity index (χ3n) is 2.20. The maximum Gasteiger partial charge on any atom is 0.140 e. The van der Waals surface area contributed by atoms with Crippen LogP contribution >= 0.6 is 0 Å². The summed E-state index contributed by atoms with van der Waals surface area (Å²) >= 11 is 0. The van der Waals surface area contributed by atoms with Crippen LogP contribution in [-0.2, 0) is 17.8 Å². The van der Waals surface area contributed by atoms with E-state index in [1.165, 1.54) is 0 Å². The van der Waals surface area contributed by atoms with Crippen molar-refractivity contribution in [1.82, 2.24) is 20.1 Å². The van der Waals surface area contributed by atoms with Gasteiger partial charge in [-0.1, -0.05) is 13.8 Å². The number of nitrogens with zero attached hydrogens (tertiary/aromatic N) is 3. The molecule has 0 amide bonds. The summed E-state index contributed by atoms with van der Waals surface area (Å²) in [7, 11) is 0. The highest BCUT2D eigenvalue weighted by Gasteiger charge is 2.02. The molecule has 0 unspecified atom stereocenters. The fourth-order valence-electron chi connectivity index (χ4n) is 1.39. The van der Waals surface area contributed by atoms with Gasteiger partial charge in [-0.3, -0.25) is 0 Å². The first kappa shape index (κ1) is 13.1. The van der Waals surface area contributed by atoms with Crippen LogP contribution in [0.1, 0.15) is 32.5 Å². The Hall–Kier alpha value is -0.940. The van der Waals surface area contributed by atoms with Crippen molar-refractivity contribution in [2.24, 2.45) is 0 Å². The number of aromatic nitrogens is 3. The first-order valence-electron chi connectivity index (χ1n) is 6.03. The summed E-state index contributed by atoms with van der Waals surface area (Å²) in [4.78, 5) is 4.22. The van der Waals surface area contributed by atoms with Crippen LogP contribution in [0.2, 0.25) is 0 Å². The van der Waals surface area contributed by atoms with Crippen LogP contribution in [0.15, 0.2) is 6.33 Å². The van der Waals surface area contributed by atoms with E-state index in [1.807, 2.05) is 4.68 Å². The number of ether oxygens (including phenoxy) is 1. The summed E-state index contributed by atoms with van der Waals surface area (Å²) in [6.07, 6.45) is 3.79. The zero-order valence-corrected chi connectivity index (χ0v) is 10.3. The SMILES string of the molecule is CCCNCc1ncnn1CCOCCC. The molecule has 0 atom stereocenters. The smallest absolute Gasteiger partial charge is 0.140 e. The van der Waals surface area contributed by atoms with E-state index in [0.29, 0.717) is 6.61 Å². The monoisotopic (exact) mass is 226 g/mol. The molecule has 1 aromatic heterocycles. The maximum atomic E-state index is 5.43. The lowest BCUT2D eigenvalue weighted by atomic mass is 10.4. The fourth-order valence-corrected chi connectivity index (χ4v) is 1.39. The van der Waals surface area contributed by atoms with Gasteiger partial charge in [0.2, 0.25) is 0 Å². The third-order valence-corrected chi connectivity index (χ3v) is 2.20. The van der Waals surface area contributed by atoms with Crippen molar-refractivity contribution in [3.63, 3.8) is 0 Å². The number of hydrogen-bond acceptors (Lipinski definition) is 4. The molecule has 0 bridgehead atoms. The van der Waals surface area contributed by atoms with E-state index >= 15 is 0 Å². The maximum absolute atomic E-state index is 5.43. The van der Waals surface area contributed by atoms with Crippen LogP contribution in [0.25, 0.3) is 0 Å². The minimum Gasteiger partial charge on any atom is -0.380 e. The molecular formula is C11H22N4O. The summed E-state index contributed by atoms with van der Waals surface area (Å²) < 4.78 is 7.33. The minimum absolute atomic E-state index is 0.706. The largest absolute Gasteiger partial charge is 0.380 e. The Morgan fingerprint density at radius 2 is 2.19 bits per heavy atom. The van der Waals surface area contributed by atoms with Gasteiger partial charge in [0.05, 0.1) is 19.7 Å². The van der Waals surface area contributed by atoms with Crippen LogP contribution in [0.5, 0.6) is 0 Å². The molecule has 0 aromatic carbocycles. The van der Waals surface area contributed by atoms with Gasteiger partial charge in [-0.05, 0) is 19.4 Å². The highest BCUT2D eigenvalue weighted by molar-refractivity contribution is 4.83. The molecule has 0 radical (unpaired) electrons. The Kier molecular flexibility index (Phi) is 6.76. The van der Waals surface area contributed by atoms with Gasteiger partial charge in [0, 0.05) is 6.61 Å². The number of nitrogens with one attached hydrogen (secondary N) is 1. The molecular weight excluding hydrogens is 204 g/mol. The summed E-state index contributed by atoms with van der Waals surface area (Å²) in [5, 5.41) is 7.49. The Morgan fingerprint density at radius 1 is 1.31 bits per heavy atom. The molecule has 1 rings (SSSR count). The van der Waals surface area contributed by atoms with Crippen LogP contribution in [0.4, 0.5) is 0 Å². The summed E-state index contributed by atoms with van der Waals surface area (Å²) in [6.45, 7) is 8.35. The predicted octanol–water partition coefficient (Wildman–Crippen LogP) is 1.20. The molecule has 16 heavy (non-hydrogen) atoms. The molecule has 0 saturated heterocycles. The molecule has 92 valence electrons. The van der Waals surface area contributed by atoms with E-state index in [1.54, 1.807) is 6.33 Å². The van der Waals surface area contributed by atoms with E-state index in [0.717, 1.165) is 44.9 Å². The van der Waals surface area contributed by atoms with Crippen LogP contribution in [0, 0.1) is 0 Å². The van der Waals surface area contributed by atoms with Crippen molar-refractivity contribution in [1.29, 1.82) is 0 Å². The molecule has 1 heterocycles. The Balaban J connectivity index is 2.26. The number of rotatable bonds is 9. The molecule has 1 N–H and O–H groups in total. The van der Waals surface area contributed by atoms with Crippen molar-refractivity contribution < 1.29 is 4.74 Å². The Bertz CT molecular complexity index is 275. The van der Waals surface area contributed by atoms with Crippen LogP contribution in [-0.4, -0.2) is 34.5 Å². The van der Waals surface area contributed by atoms with Gasteiger partial charge in [-0.25, -0.2) is 9.67 Å². The molecule has 0 aliphatic heterocycles. The van der Waals surface area contributed by atoms with Crippen molar-refractivity contribution in [3.8, 4) is 0 Å². The van der Waals surface area contributed by atoms with Gasteiger partial charge in [-0.15, -0.1) is 0 Å². The number of hydrogen-bond donors (Lipinski definition) is 1. The van der Waals surface area contributed by atoms with Crippen molar-refractivity contribution in [2.75, 3.05) is 19.8 Å². The molecule has 0 aliphatic carbocycles. The lowest BCUT2D eigenvalue weighted by Gasteiger charge is -2.07. The second kappa shape index (κ2) is 8.24. The van der Waals surface area contributed by atoms with Gasteiger partial charge < -0.3 is 10.1 Å². The standard InChI is InChI=1S/C11H22N4O/c1-3-5-12-9-11-13-10-14-15(11)6-8-16-7-4-2/h10,12H,3-9H2,1-2H3. The fraction of sp³-hybridized carbons (Fsp3) is 0.818. The summed E-state index contributed by atoms with van der Waals surface area (Å²) in [5.41, 5.74) is 0. The highest BCUT2D eigenvalue weighted by Crippen LogP contribution is 1.94. The first-order chi connectivity index (χ1) is 7.88. The molecule has 5 heteroatoms. The van der Waals surface area contributed by atoms with Crippen LogP contribution < -0.4 is 5.32 Å². The Morgan fingerprint density at radius 3 is 2.94 bits per heavy atom. The van der Waals surface area contributed by atoms with Gasteiger partial charge in [0.1, 0.15) is 12.2 Å². The average Bonchev–Trinajstić information content (AvgIpc) is 2.73. The third kappa shape index (κ3) is 4.72. The topological polar surface area (TPSA) is 52.0 Å². The first-order valence-corrected chi connectivity index (χ1v) is 6.03. The molecule has 0 spiro atoms.